The number of hydrogen-bond acceptors (Lipinski definition) is 3. The van der Waals surface area contributed by atoms with E-state index in [4.69, 9.17) is 0 Å². The van der Waals surface area contributed by atoms with Crippen molar-refractivity contribution in [1.29, 1.82) is 0 Å². The summed E-state index contributed by atoms with van der Waals surface area (Å²) in [5, 5.41) is 0. The van der Waals surface area contributed by atoms with Crippen LogP contribution in [0.4, 0.5) is 18.9 Å². The van der Waals surface area contributed by atoms with Gasteiger partial charge < -0.3 is 9.64 Å². The molecule has 18 heavy (non-hydrogen) atoms. The van der Waals surface area contributed by atoms with Crippen molar-refractivity contribution in [3.8, 4) is 5.75 Å². The molecule has 1 aromatic rings. The van der Waals surface area contributed by atoms with Gasteiger partial charge in [-0.05, 0) is 26.0 Å². The van der Waals surface area contributed by atoms with Gasteiger partial charge in [0.1, 0.15) is 0 Å². The highest BCUT2D eigenvalue weighted by Crippen LogP contribution is 2.29. The number of anilines is 1. The monoisotopic (exact) mass is 261 g/mol. The van der Waals surface area contributed by atoms with Crippen LogP contribution in [0.3, 0.4) is 0 Å². The molecule has 0 aliphatic rings. The molecule has 0 unspecified atom stereocenters. The van der Waals surface area contributed by atoms with Gasteiger partial charge in [-0.25, -0.2) is 4.79 Å². The van der Waals surface area contributed by atoms with Crippen LogP contribution in [0.1, 0.15) is 13.8 Å². The van der Waals surface area contributed by atoms with Crippen molar-refractivity contribution >= 4 is 11.7 Å². The molecule has 0 radical (unpaired) electrons. The fourth-order valence-electron chi connectivity index (χ4n) is 1.53. The number of esters is 1. The second kappa shape index (κ2) is 5.75. The van der Waals surface area contributed by atoms with Crippen molar-refractivity contribution in [1.82, 2.24) is 0 Å². The number of ether oxygens (including phenoxy) is 1. The van der Waals surface area contributed by atoms with Crippen LogP contribution in [0.5, 0.6) is 5.75 Å². The Kier molecular flexibility index (Phi) is 4.58. The number of benzene rings is 1. The Morgan fingerprint density at radius 2 is 1.78 bits per heavy atom. The molecular formula is C12H14F3NO2. The van der Waals surface area contributed by atoms with Gasteiger partial charge in [0.05, 0.1) is 5.69 Å². The molecule has 0 bridgehead atoms. The zero-order valence-electron chi connectivity index (χ0n) is 10.1. The summed E-state index contributed by atoms with van der Waals surface area (Å²) in [5.74, 6) is -2.29. The molecule has 0 saturated heterocycles. The number of para-hydroxylation sites is 2. The lowest BCUT2D eigenvalue weighted by atomic mass is 10.2. The minimum atomic E-state index is -4.99. The number of carbonyl (C=O) groups excluding carboxylic acids is 1. The highest BCUT2D eigenvalue weighted by Gasteiger charge is 2.41. The zero-order chi connectivity index (χ0) is 13.8. The highest BCUT2D eigenvalue weighted by atomic mass is 19.4. The summed E-state index contributed by atoms with van der Waals surface area (Å²) in [7, 11) is 0. The molecule has 0 aromatic heterocycles. The van der Waals surface area contributed by atoms with Crippen molar-refractivity contribution in [2.24, 2.45) is 0 Å². The summed E-state index contributed by atoms with van der Waals surface area (Å²) in [6, 6.07) is 6.16. The minimum Gasteiger partial charge on any atom is -0.418 e. The number of alkyl halides is 3. The predicted molar refractivity (Wildman–Crippen MR) is 61.7 cm³/mol. The highest BCUT2D eigenvalue weighted by molar-refractivity contribution is 5.80. The van der Waals surface area contributed by atoms with E-state index in [9.17, 15) is 18.0 Å². The zero-order valence-corrected chi connectivity index (χ0v) is 10.1. The number of nitrogens with zero attached hydrogens (tertiary/aromatic N) is 1. The third kappa shape index (κ3) is 3.38. The van der Waals surface area contributed by atoms with Gasteiger partial charge in [-0.3, -0.25) is 0 Å². The predicted octanol–water partition coefficient (Wildman–Crippen LogP) is 3.00. The van der Waals surface area contributed by atoms with E-state index in [1.165, 1.54) is 12.1 Å². The van der Waals surface area contributed by atoms with Crippen molar-refractivity contribution in [3.63, 3.8) is 0 Å². The van der Waals surface area contributed by atoms with Gasteiger partial charge in [-0.1, -0.05) is 12.1 Å². The van der Waals surface area contributed by atoms with Crippen molar-refractivity contribution < 1.29 is 22.7 Å². The first-order chi connectivity index (χ1) is 8.40. The Hall–Kier alpha value is -1.72. The van der Waals surface area contributed by atoms with Crippen LogP contribution < -0.4 is 9.64 Å². The number of rotatable bonds is 4. The molecule has 0 spiro atoms. The lowest BCUT2D eigenvalue weighted by Crippen LogP contribution is -2.29. The molecule has 0 saturated carbocycles. The molecule has 0 aliphatic heterocycles. The summed E-state index contributed by atoms with van der Waals surface area (Å²) in [5.41, 5.74) is 0.472. The molecule has 0 aliphatic carbocycles. The number of carbonyl (C=O) groups is 1. The van der Waals surface area contributed by atoms with Crippen molar-refractivity contribution in [3.05, 3.63) is 24.3 Å². The maximum absolute atomic E-state index is 12.1. The maximum atomic E-state index is 12.1. The molecular weight excluding hydrogens is 247 g/mol. The van der Waals surface area contributed by atoms with Gasteiger partial charge in [-0.2, -0.15) is 13.2 Å². The average Bonchev–Trinajstić information content (AvgIpc) is 2.31. The molecule has 0 N–H and O–H groups in total. The Labute approximate surface area is 103 Å². The second-order valence-electron chi connectivity index (χ2n) is 3.53. The van der Waals surface area contributed by atoms with Crippen LogP contribution in [0.2, 0.25) is 0 Å². The van der Waals surface area contributed by atoms with E-state index in [1.807, 2.05) is 13.8 Å². The van der Waals surface area contributed by atoms with E-state index in [-0.39, 0.29) is 5.75 Å². The molecule has 0 amide bonds. The summed E-state index contributed by atoms with van der Waals surface area (Å²) in [6.07, 6.45) is -4.99. The second-order valence-corrected chi connectivity index (χ2v) is 3.53. The van der Waals surface area contributed by atoms with E-state index in [0.29, 0.717) is 18.8 Å². The minimum absolute atomic E-state index is 0.0801. The fourth-order valence-corrected chi connectivity index (χ4v) is 1.53. The average molecular weight is 261 g/mol. The molecule has 0 heterocycles. The third-order valence-corrected chi connectivity index (χ3v) is 2.40. The molecule has 3 nitrogen and oxygen atoms in total. The van der Waals surface area contributed by atoms with Gasteiger partial charge >= 0.3 is 12.1 Å². The first-order valence-corrected chi connectivity index (χ1v) is 5.53. The van der Waals surface area contributed by atoms with Crippen molar-refractivity contribution in [2.75, 3.05) is 18.0 Å². The summed E-state index contributed by atoms with van der Waals surface area (Å²) < 4.78 is 40.8. The van der Waals surface area contributed by atoms with E-state index in [0.717, 1.165) is 0 Å². The first-order valence-electron chi connectivity index (χ1n) is 5.53. The Bertz CT molecular complexity index is 414. The first kappa shape index (κ1) is 14.3. The van der Waals surface area contributed by atoms with Crippen LogP contribution >= 0.6 is 0 Å². The molecule has 1 aromatic carbocycles. The molecule has 100 valence electrons. The van der Waals surface area contributed by atoms with Crippen LogP contribution in [0, 0.1) is 0 Å². The largest absolute Gasteiger partial charge is 0.491 e. The molecule has 0 fully saturated rings. The van der Waals surface area contributed by atoms with E-state index < -0.39 is 12.1 Å². The summed E-state index contributed by atoms with van der Waals surface area (Å²) in [6.45, 7) is 4.95. The maximum Gasteiger partial charge on any atom is 0.491 e. The quantitative estimate of drug-likeness (QED) is 0.616. The van der Waals surface area contributed by atoms with E-state index in [2.05, 4.69) is 4.74 Å². The normalized spacial score (nSPS) is 11.2. The van der Waals surface area contributed by atoms with Gasteiger partial charge in [0.2, 0.25) is 0 Å². The molecule has 6 heteroatoms. The van der Waals surface area contributed by atoms with Gasteiger partial charge in [0.15, 0.2) is 5.75 Å². The van der Waals surface area contributed by atoms with Crippen LogP contribution in [0.25, 0.3) is 0 Å². The number of hydrogen-bond donors (Lipinski definition) is 0. The fraction of sp³-hybridized carbons (Fsp3) is 0.417. The SMILES string of the molecule is CCN(CC)c1ccccc1OC(=O)C(F)(F)F. The lowest BCUT2D eigenvalue weighted by Gasteiger charge is -2.23. The smallest absolute Gasteiger partial charge is 0.418 e. The van der Waals surface area contributed by atoms with Crippen LogP contribution in [-0.2, 0) is 4.79 Å². The van der Waals surface area contributed by atoms with Crippen molar-refractivity contribution in [2.45, 2.75) is 20.0 Å². The standard InChI is InChI=1S/C12H14F3NO2/c1-3-16(4-2)9-7-5-6-8-10(9)18-11(17)12(13,14)15/h5-8H,3-4H2,1-2H3. The summed E-state index contributed by atoms with van der Waals surface area (Å²) >= 11 is 0. The topological polar surface area (TPSA) is 29.5 Å². The lowest BCUT2D eigenvalue weighted by molar-refractivity contribution is -0.189. The molecule has 1 rings (SSSR count). The van der Waals surface area contributed by atoms with E-state index in [1.54, 1.807) is 17.0 Å². The van der Waals surface area contributed by atoms with Gasteiger partial charge in [0.25, 0.3) is 0 Å². The number of halogens is 3. The summed E-state index contributed by atoms with van der Waals surface area (Å²) in [4.78, 5) is 12.6. The Morgan fingerprint density at radius 1 is 1.22 bits per heavy atom. The van der Waals surface area contributed by atoms with Gasteiger partial charge in [0, 0.05) is 13.1 Å². The van der Waals surface area contributed by atoms with E-state index >= 15 is 0 Å². The third-order valence-electron chi connectivity index (χ3n) is 2.40. The van der Waals surface area contributed by atoms with Crippen LogP contribution in [0.15, 0.2) is 24.3 Å². The Balaban J connectivity index is 2.99. The van der Waals surface area contributed by atoms with Gasteiger partial charge in [-0.15, -0.1) is 0 Å². The van der Waals surface area contributed by atoms with Crippen LogP contribution in [-0.4, -0.2) is 25.2 Å². The Morgan fingerprint density at radius 3 is 2.28 bits per heavy atom. The molecule has 0 atom stereocenters.